The Bertz CT molecular complexity index is 1150. The maximum Gasteiger partial charge on any atom is 0.348 e. The second kappa shape index (κ2) is 9.75. The van der Waals surface area contributed by atoms with E-state index < -0.39 is 11.9 Å². The van der Waals surface area contributed by atoms with E-state index in [0.717, 1.165) is 23.1 Å². The highest BCUT2D eigenvalue weighted by atomic mass is 32.2. The molecule has 0 saturated carbocycles. The highest BCUT2D eigenvalue weighted by Crippen LogP contribution is 2.33. The van der Waals surface area contributed by atoms with Crippen molar-refractivity contribution in [2.24, 2.45) is 0 Å². The number of aromatic nitrogens is 1. The second-order valence-corrected chi connectivity index (χ2v) is 7.81. The Hall–Kier alpha value is -3.59. The number of thiophene rings is 1. The summed E-state index contributed by atoms with van der Waals surface area (Å²) in [5.41, 5.74) is 7.09. The van der Waals surface area contributed by atoms with Crippen LogP contribution in [-0.4, -0.2) is 29.2 Å². The number of hydrogen-bond acceptors (Lipinski definition) is 10. The number of ether oxygens (including phenoxy) is 1. The molecule has 2 heterocycles. The molecule has 0 atom stereocenters. The first-order valence-electron chi connectivity index (χ1n) is 8.52. The molecule has 30 heavy (non-hydrogen) atoms. The molecule has 9 nitrogen and oxygen atoms in total. The predicted molar refractivity (Wildman–Crippen MR) is 112 cm³/mol. The quantitative estimate of drug-likeness (QED) is 0.507. The molecule has 0 bridgehead atoms. The van der Waals surface area contributed by atoms with Crippen molar-refractivity contribution in [3.05, 3.63) is 32.7 Å². The lowest BCUT2D eigenvalue weighted by Crippen LogP contribution is -2.14. The largest absolute Gasteiger partial charge is 0.462 e. The number of nitrogen functional groups attached to an aromatic ring is 1. The van der Waals surface area contributed by atoms with Crippen LogP contribution in [-0.2, 0) is 9.53 Å². The number of pyridine rings is 1. The third kappa shape index (κ3) is 4.52. The monoisotopic (exact) mass is 440 g/mol. The van der Waals surface area contributed by atoms with Gasteiger partial charge in [0.1, 0.15) is 38.9 Å². The summed E-state index contributed by atoms with van der Waals surface area (Å²) in [6, 6.07) is 5.87. The summed E-state index contributed by atoms with van der Waals surface area (Å²) in [5, 5.41) is 31.0. The topological polar surface area (TPSA) is 166 Å². The molecule has 0 aliphatic heterocycles. The van der Waals surface area contributed by atoms with Crippen LogP contribution in [0.5, 0.6) is 0 Å². The number of rotatable bonds is 6. The van der Waals surface area contributed by atoms with Crippen molar-refractivity contribution in [3.63, 3.8) is 0 Å². The Balaban J connectivity index is 2.22. The first-order valence-corrected chi connectivity index (χ1v) is 10.3. The normalized spacial score (nSPS) is 9.87. The number of carbonyl (C=O) groups is 2. The van der Waals surface area contributed by atoms with Crippen LogP contribution in [0, 0.1) is 47.8 Å². The summed E-state index contributed by atoms with van der Waals surface area (Å²) in [4.78, 5) is 28.7. The molecule has 0 spiro atoms. The number of hydrogen-bond donors (Lipinski definition) is 2. The number of anilines is 2. The molecule has 0 fully saturated rings. The minimum Gasteiger partial charge on any atom is -0.462 e. The zero-order chi connectivity index (χ0) is 22.4. The van der Waals surface area contributed by atoms with Crippen molar-refractivity contribution in [1.82, 2.24) is 4.98 Å². The van der Waals surface area contributed by atoms with Gasteiger partial charge in [0.25, 0.3) is 0 Å². The van der Waals surface area contributed by atoms with E-state index in [9.17, 15) is 20.1 Å². The van der Waals surface area contributed by atoms with E-state index in [4.69, 9.17) is 15.7 Å². The molecule has 0 aromatic carbocycles. The van der Waals surface area contributed by atoms with Gasteiger partial charge < -0.3 is 15.8 Å². The van der Waals surface area contributed by atoms with E-state index in [1.54, 1.807) is 20.8 Å². The second-order valence-electron chi connectivity index (χ2n) is 5.83. The first kappa shape index (κ1) is 22.7. The molecule has 0 radical (unpaired) electrons. The molecule has 11 heteroatoms. The molecule has 3 N–H and O–H groups in total. The van der Waals surface area contributed by atoms with E-state index >= 15 is 0 Å². The summed E-state index contributed by atoms with van der Waals surface area (Å²) in [5.74, 6) is -1.16. The lowest BCUT2D eigenvalue weighted by Gasteiger charge is -2.09. The number of amides is 1. The number of nitrogens with two attached hydrogens (primary N) is 1. The van der Waals surface area contributed by atoms with Gasteiger partial charge in [-0.15, -0.1) is 11.3 Å². The molecule has 0 aliphatic rings. The number of esters is 1. The Morgan fingerprint density at radius 2 is 1.77 bits per heavy atom. The highest BCUT2D eigenvalue weighted by Gasteiger charge is 2.23. The van der Waals surface area contributed by atoms with Crippen molar-refractivity contribution in [3.8, 4) is 18.2 Å². The maximum atomic E-state index is 12.4. The average Bonchev–Trinajstić information content (AvgIpc) is 3.01. The lowest BCUT2D eigenvalue weighted by atomic mass is 10.1. The fraction of sp³-hybridized carbons (Fsp3) is 0.263. The van der Waals surface area contributed by atoms with Crippen LogP contribution in [0.4, 0.5) is 10.8 Å². The van der Waals surface area contributed by atoms with Crippen LogP contribution in [0.3, 0.4) is 0 Å². The van der Waals surface area contributed by atoms with E-state index in [0.29, 0.717) is 11.1 Å². The summed E-state index contributed by atoms with van der Waals surface area (Å²) in [7, 11) is 0. The van der Waals surface area contributed by atoms with Crippen molar-refractivity contribution in [2.45, 2.75) is 25.8 Å². The van der Waals surface area contributed by atoms with Gasteiger partial charge in [-0.2, -0.15) is 15.8 Å². The lowest BCUT2D eigenvalue weighted by molar-refractivity contribution is -0.113. The SMILES string of the molecule is CCOC(=O)c1sc(NC(=O)CSc2nc(N)c(C#N)c(C)c2C#N)c(C#N)c1C. The van der Waals surface area contributed by atoms with Crippen molar-refractivity contribution < 1.29 is 14.3 Å². The number of thioether (sulfide) groups is 1. The Kier molecular flexibility index (Phi) is 7.38. The van der Waals surface area contributed by atoms with Crippen molar-refractivity contribution in [1.29, 1.82) is 15.8 Å². The molecule has 0 saturated heterocycles. The molecule has 0 unspecified atom stereocenters. The first-order chi connectivity index (χ1) is 14.3. The van der Waals surface area contributed by atoms with Gasteiger partial charge in [0.2, 0.25) is 5.91 Å². The molecule has 2 aromatic rings. The zero-order valence-corrected chi connectivity index (χ0v) is 18.0. The summed E-state index contributed by atoms with van der Waals surface area (Å²) >= 11 is 1.94. The van der Waals surface area contributed by atoms with Crippen molar-refractivity contribution in [2.75, 3.05) is 23.4 Å². The third-order valence-electron chi connectivity index (χ3n) is 3.98. The molecule has 2 aromatic heterocycles. The van der Waals surface area contributed by atoms with Crippen LogP contribution in [0.15, 0.2) is 5.03 Å². The standard InChI is InChI=1S/C19H16N6O3S2/c1-4-28-19(27)15-10(3)13(7-22)18(30-15)24-14(26)8-29-17-12(6-21)9(2)11(5-20)16(23)25-17/h4,8H2,1-3H3,(H2,23,25)(H,24,26). The molecular weight excluding hydrogens is 424 g/mol. The summed E-state index contributed by atoms with van der Waals surface area (Å²) < 4.78 is 4.97. The van der Waals surface area contributed by atoms with Gasteiger partial charge in [0.15, 0.2) is 0 Å². The fourth-order valence-electron chi connectivity index (χ4n) is 2.50. The third-order valence-corrected chi connectivity index (χ3v) is 6.14. The highest BCUT2D eigenvalue weighted by molar-refractivity contribution is 8.00. The Morgan fingerprint density at radius 1 is 1.13 bits per heavy atom. The van der Waals surface area contributed by atoms with E-state index in [1.165, 1.54) is 0 Å². The minimum atomic E-state index is -0.558. The van der Waals surface area contributed by atoms with Gasteiger partial charge in [-0.3, -0.25) is 4.79 Å². The Morgan fingerprint density at radius 3 is 2.33 bits per heavy atom. The van der Waals surface area contributed by atoms with Crippen LogP contribution < -0.4 is 11.1 Å². The van der Waals surface area contributed by atoms with Gasteiger partial charge in [0, 0.05) is 0 Å². The van der Waals surface area contributed by atoms with Gasteiger partial charge >= 0.3 is 5.97 Å². The van der Waals surface area contributed by atoms with Gasteiger partial charge in [-0.1, -0.05) is 11.8 Å². The minimum absolute atomic E-state index is 0.0170. The Labute approximate surface area is 181 Å². The van der Waals surface area contributed by atoms with Crippen LogP contribution >= 0.6 is 23.1 Å². The smallest absolute Gasteiger partial charge is 0.348 e. The van der Waals surface area contributed by atoms with Gasteiger partial charge in [-0.25, -0.2) is 9.78 Å². The fourth-order valence-corrected chi connectivity index (χ4v) is 4.41. The van der Waals surface area contributed by atoms with E-state index in [-0.39, 0.29) is 49.8 Å². The number of carbonyl (C=O) groups excluding carboxylic acids is 2. The molecular formula is C19H16N6O3S2. The molecule has 152 valence electrons. The van der Waals surface area contributed by atoms with E-state index in [2.05, 4.69) is 10.3 Å². The number of nitrogens with zero attached hydrogens (tertiary/aromatic N) is 4. The van der Waals surface area contributed by atoms with Crippen molar-refractivity contribution >= 4 is 45.8 Å². The zero-order valence-electron chi connectivity index (χ0n) is 16.3. The summed E-state index contributed by atoms with van der Waals surface area (Å²) in [6.07, 6.45) is 0. The summed E-state index contributed by atoms with van der Waals surface area (Å²) in [6.45, 7) is 5.06. The average molecular weight is 441 g/mol. The number of nitriles is 3. The van der Waals surface area contributed by atoms with E-state index in [1.807, 2.05) is 18.2 Å². The molecule has 0 aliphatic carbocycles. The van der Waals surface area contributed by atoms with Crippen LogP contribution in [0.2, 0.25) is 0 Å². The van der Waals surface area contributed by atoms with Gasteiger partial charge in [-0.05, 0) is 31.9 Å². The van der Waals surface area contributed by atoms with Crippen LogP contribution in [0.1, 0.15) is 44.4 Å². The molecule has 2 rings (SSSR count). The number of nitrogens with one attached hydrogen (secondary N) is 1. The molecule has 1 amide bonds. The van der Waals surface area contributed by atoms with Gasteiger partial charge in [0.05, 0.1) is 29.1 Å². The maximum absolute atomic E-state index is 12.4. The van der Waals surface area contributed by atoms with Crippen LogP contribution in [0.25, 0.3) is 0 Å². The predicted octanol–water partition coefficient (Wildman–Crippen LogP) is 2.86.